The van der Waals surface area contributed by atoms with Gasteiger partial charge in [-0.05, 0) is 51.4 Å². The van der Waals surface area contributed by atoms with Gasteiger partial charge in [-0.25, -0.2) is 0 Å². The summed E-state index contributed by atoms with van der Waals surface area (Å²) in [4.78, 5) is 12.1. The first kappa shape index (κ1) is 44.4. The molecule has 1 heterocycles. The Kier molecular flexibility index (Phi) is 29.1. The van der Waals surface area contributed by atoms with Gasteiger partial charge in [-0.2, -0.15) is 0 Å². The van der Waals surface area contributed by atoms with E-state index in [1.54, 1.807) is 0 Å². The molecule has 280 valence electrons. The largest absolute Gasteiger partial charge is 0.457 e. The highest BCUT2D eigenvalue weighted by Crippen LogP contribution is 2.22. The van der Waals surface area contributed by atoms with E-state index in [4.69, 9.17) is 18.9 Å². The lowest BCUT2D eigenvalue weighted by Crippen LogP contribution is -2.59. The second-order valence-electron chi connectivity index (χ2n) is 13.0. The molecule has 0 aliphatic carbocycles. The van der Waals surface area contributed by atoms with Crippen molar-refractivity contribution in [2.24, 2.45) is 0 Å². The summed E-state index contributed by atoms with van der Waals surface area (Å²) in [5.74, 6) is -0.370. The molecule has 0 radical (unpaired) electrons. The fraction of sp³-hybridized carbons (Fsp3) is 0.821. The van der Waals surface area contributed by atoms with E-state index in [0.29, 0.717) is 13.0 Å². The zero-order valence-electron chi connectivity index (χ0n) is 30.2. The lowest BCUT2D eigenvalue weighted by molar-refractivity contribution is -0.305. The molecule has 9 nitrogen and oxygen atoms in total. The van der Waals surface area contributed by atoms with E-state index >= 15 is 0 Å². The molecule has 0 aromatic rings. The van der Waals surface area contributed by atoms with Crippen LogP contribution in [0.25, 0.3) is 0 Å². The number of allylic oxidation sites excluding steroid dienone is 6. The van der Waals surface area contributed by atoms with Crippen LogP contribution in [0.1, 0.15) is 142 Å². The van der Waals surface area contributed by atoms with Crippen molar-refractivity contribution in [1.82, 2.24) is 0 Å². The summed E-state index contributed by atoms with van der Waals surface area (Å²) < 4.78 is 22.2. The number of unbranched alkanes of at least 4 members (excludes halogenated alkanes) is 14. The maximum Gasteiger partial charge on any atom is 0.306 e. The van der Waals surface area contributed by atoms with Crippen molar-refractivity contribution < 1.29 is 44.2 Å². The van der Waals surface area contributed by atoms with E-state index in [9.17, 15) is 25.2 Å². The smallest absolute Gasteiger partial charge is 0.306 e. The molecular formula is C39H70O9. The van der Waals surface area contributed by atoms with Crippen molar-refractivity contribution in [3.8, 4) is 0 Å². The predicted molar refractivity (Wildman–Crippen MR) is 192 cm³/mol. The number of hydrogen-bond acceptors (Lipinski definition) is 9. The van der Waals surface area contributed by atoms with Crippen LogP contribution in [0, 0.1) is 0 Å². The summed E-state index contributed by atoms with van der Waals surface area (Å²) in [6, 6.07) is 0. The normalized spacial score (nSPS) is 22.3. The van der Waals surface area contributed by atoms with Crippen LogP contribution in [0.5, 0.6) is 0 Å². The molecular weight excluding hydrogens is 612 g/mol. The van der Waals surface area contributed by atoms with E-state index in [0.717, 1.165) is 25.7 Å². The monoisotopic (exact) mass is 683 g/mol. The molecule has 1 fully saturated rings. The number of esters is 1. The fourth-order valence-corrected chi connectivity index (χ4v) is 5.53. The topological polar surface area (TPSA) is 135 Å². The lowest BCUT2D eigenvalue weighted by Gasteiger charge is -2.39. The van der Waals surface area contributed by atoms with Gasteiger partial charge >= 0.3 is 5.97 Å². The Balaban J connectivity index is 2.04. The average Bonchev–Trinajstić information content (AvgIpc) is 3.08. The molecule has 0 amide bonds. The zero-order valence-corrected chi connectivity index (χ0v) is 30.2. The van der Waals surface area contributed by atoms with Crippen molar-refractivity contribution in [2.75, 3.05) is 26.4 Å². The minimum atomic E-state index is -1.53. The standard InChI is InChI=1S/C39H70O9/c1-3-5-6-7-8-9-10-11-12-13-14-15-16-17-18-19-20-21-22-23-24-25-26-27-29-45-31-33(47-35(41)28-4-2)32-46-39-38(44)37(43)36(42)34(30-40)48-39/h10-11,13-14,16-17,33-34,36-40,42-44H,3-9,12,15,18-32H2,1-2H3/b11-10-,14-13-,17-16-. The number of aliphatic hydroxyl groups is 4. The molecule has 1 rings (SSSR count). The van der Waals surface area contributed by atoms with Gasteiger partial charge in [0.05, 0.1) is 19.8 Å². The Morgan fingerprint density at radius 3 is 1.77 bits per heavy atom. The molecule has 0 aromatic carbocycles. The minimum Gasteiger partial charge on any atom is -0.457 e. The molecule has 48 heavy (non-hydrogen) atoms. The number of carbonyl (C=O) groups excluding carboxylic acids is 1. The molecule has 6 unspecified atom stereocenters. The molecule has 6 atom stereocenters. The highest BCUT2D eigenvalue weighted by Gasteiger charge is 2.44. The molecule has 9 heteroatoms. The lowest BCUT2D eigenvalue weighted by atomic mass is 9.99. The Bertz CT molecular complexity index is 828. The van der Waals surface area contributed by atoms with E-state index in [1.165, 1.54) is 89.9 Å². The van der Waals surface area contributed by atoms with Gasteiger partial charge in [-0.15, -0.1) is 0 Å². The second-order valence-corrected chi connectivity index (χ2v) is 13.0. The highest BCUT2D eigenvalue weighted by molar-refractivity contribution is 5.69. The molecule has 1 saturated heterocycles. The molecule has 4 N–H and O–H groups in total. The third-order valence-electron chi connectivity index (χ3n) is 8.53. The number of carbonyl (C=O) groups is 1. The predicted octanol–water partition coefficient (Wildman–Crippen LogP) is 7.24. The summed E-state index contributed by atoms with van der Waals surface area (Å²) >= 11 is 0. The van der Waals surface area contributed by atoms with E-state index in [1.807, 2.05) is 6.92 Å². The first-order chi connectivity index (χ1) is 23.4. The van der Waals surface area contributed by atoms with Gasteiger partial charge in [-0.3, -0.25) is 4.79 Å². The summed E-state index contributed by atoms with van der Waals surface area (Å²) in [5, 5.41) is 39.5. The Labute approximate surface area is 291 Å². The number of ether oxygens (including phenoxy) is 4. The third-order valence-corrected chi connectivity index (χ3v) is 8.53. The second kappa shape index (κ2) is 31.4. The Hall–Kier alpha value is -1.59. The zero-order chi connectivity index (χ0) is 35.1. The van der Waals surface area contributed by atoms with Crippen molar-refractivity contribution in [3.63, 3.8) is 0 Å². The van der Waals surface area contributed by atoms with E-state index in [2.05, 4.69) is 43.4 Å². The van der Waals surface area contributed by atoms with Gasteiger partial charge in [0.2, 0.25) is 0 Å². The van der Waals surface area contributed by atoms with Gasteiger partial charge in [0, 0.05) is 13.0 Å². The van der Waals surface area contributed by atoms with E-state index < -0.39 is 43.4 Å². The van der Waals surface area contributed by atoms with Gasteiger partial charge < -0.3 is 39.4 Å². The molecule has 1 aliphatic rings. The van der Waals surface area contributed by atoms with Crippen LogP contribution in [0.3, 0.4) is 0 Å². The number of hydrogen-bond donors (Lipinski definition) is 4. The Morgan fingerprint density at radius 1 is 0.667 bits per heavy atom. The first-order valence-corrected chi connectivity index (χ1v) is 19.1. The molecule has 0 aromatic heterocycles. The van der Waals surface area contributed by atoms with Crippen LogP contribution in [0.4, 0.5) is 0 Å². The van der Waals surface area contributed by atoms with Crippen molar-refractivity contribution in [2.45, 2.75) is 179 Å². The van der Waals surface area contributed by atoms with Crippen LogP contribution in [-0.4, -0.2) is 89.6 Å². The van der Waals surface area contributed by atoms with Gasteiger partial charge in [-0.1, -0.05) is 121 Å². The maximum atomic E-state index is 12.1. The van der Waals surface area contributed by atoms with Crippen molar-refractivity contribution in [1.29, 1.82) is 0 Å². The van der Waals surface area contributed by atoms with Crippen LogP contribution < -0.4 is 0 Å². The number of aliphatic hydroxyl groups excluding tert-OH is 4. The van der Waals surface area contributed by atoms with Gasteiger partial charge in [0.15, 0.2) is 6.29 Å². The fourth-order valence-electron chi connectivity index (χ4n) is 5.53. The average molecular weight is 683 g/mol. The Morgan fingerprint density at radius 2 is 1.21 bits per heavy atom. The quantitative estimate of drug-likeness (QED) is 0.0339. The molecule has 0 saturated carbocycles. The van der Waals surface area contributed by atoms with Gasteiger partial charge in [0.25, 0.3) is 0 Å². The molecule has 0 bridgehead atoms. The van der Waals surface area contributed by atoms with Gasteiger partial charge in [0.1, 0.15) is 30.5 Å². The molecule has 0 spiro atoms. The number of rotatable bonds is 31. The van der Waals surface area contributed by atoms with Crippen LogP contribution >= 0.6 is 0 Å². The SMILES string of the molecule is CCCCCCC/C=C\C/C=C\C/C=C\CCCCCCCCCCCOCC(COC1OC(CO)C(O)C(O)C1O)OC(=O)CCC. The van der Waals surface area contributed by atoms with Crippen LogP contribution in [0.2, 0.25) is 0 Å². The minimum absolute atomic E-state index is 0.122. The third kappa shape index (κ3) is 22.9. The summed E-state index contributed by atoms with van der Waals surface area (Å²) in [6.07, 6.45) is 29.1. The van der Waals surface area contributed by atoms with Crippen LogP contribution in [0.15, 0.2) is 36.5 Å². The first-order valence-electron chi connectivity index (χ1n) is 19.1. The summed E-state index contributed by atoms with van der Waals surface area (Å²) in [6.45, 7) is 4.15. The maximum absolute atomic E-state index is 12.1. The summed E-state index contributed by atoms with van der Waals surface area (Å²) in [5.41, 5.74) is 0. The summed E-state index contributed by atoms with van der Waals surface area (Å²) in [7, 11) is 0. The van der Waals surface area contributed by atoms with Crippen molar-refractivity contribution >= 4 is 5.97 Å². The van der Waals surface area contributed by atoms with Crippen LogP contribution in [-0.2, 0) is 23.7 Å². The van der Waals surface area contributed by atoms with Crippen molar-refractivity contribution in [3.05, 3.63) is 36.5 Å². The van der Waals surface area contributed by atoms with E-state index in [-0.39, 0.29) is 25.6 Å². The molecule has 1 aliphatic heterocycles. The highest BCUT2D eigenvalue weighted by atomic mass is 16.7.